The summed E-state index contributed by atoms with van der Waals surface area (Å²) in [5.74, 6) is -0.400. The fourth-order valence-electron chi connectivity index (χ4n) is 2.22. The van der Waals surface area contributed by atoms with Gasteiger partial charge in [0, 0.05) is 18.5 Å². The maximum atomic E-state index is 13.2. The van der Waals surface area contributed by atoms with Crippen LogP contribution >= 0.6 is 0 Å². The lowest BCUT2D eigenvalue weighted by Crippen LogP contribution is -2.32. The van der Waals surface area contributed by atoms with E-state index >= 15 is 0 Å². The van der Waals surface area contributed by atoms with Crippen molar-refractivity contribution in [2.45, 2.75) is 39.7 Å². The zero-order chi connectivity index (χ0) is 15.6. The number of alkyl halides is 2. The standard InChI is InChI=1S/C14H21F2N3O2/c1-9(2)6-19-11(12(15)16)10(5-18-19)13(21)17-7-14(8-20)3-4-14/h5,9,12,20H,3-4,6-8H2,1-2H3,(H,17,21). The van der Waals surface area contributed by atoms with Gasteiger partial charge in [-0.25, -0.2) is 8.78 Å². The molecule has 1 amide bonds. The zero-order valence-corrected chi connectivity index (χ0v) is 12.3. The van der Waals surface area contributed by atoms with Gasteiger partial charge in [-0.3, -0.25) is 9.48 Å². The Morgan fingerprint density at radius 1 is 1.52 bits per heavy atom. The SMILES string of the molecule is CC(C)Cn1ncc(C(=O)NCC2(CO)CC2)c1C(F)F. The van der Waals surface area contributed by atoms with E-state index in [-0.39, 0.29) is 29.2 Å². The molecule has 1 fully saturated rings. The second-order valence-electron chi connectivity index (χ2n) is 6.16. The van der Waals surface area contributed by atoms with Gasteiger partial charge in [-0.2, -0.15) is 5.10 Å². The monoisotopic (exact) mass is 301 g/mol. The minimum absolute atomic E-state index is 0.00158. The molecule has 2 rings (SSSR count). The van der Waals surface area contributed by atoms with Gasteiger partial charge >= 0.3 is 0 Å². The molecule has 0 radical (unpaired) electrons. The number of nitrogens with one attached hydrogen (secondary N) is 1. The number of hydrogen-bond acceptors (Lipinski definition) is 3. The molecule has 118 valence electrons. The van der Waals surface area contributed by atoms with Crippen LogP contribution in [0.2, 0.25) is 0 Å². The molecule has 21 heavy (non-hydrogen) atoms. The normalized spacial score (nSPS) is 16.5. The molecule has 1 aromatic heterocycles. The van der Waals surface area contributed by atoms with Crippen molar-refractivity contribution in [2.75, 3.05) is 13.2 Å². The fraction of sp³-hybridized carbons (Fsp3) is 0.714. The lowest BCUT2D eigenvalue weighted by molar-refractivity contribution is 0.0917. The van der Waals surface area contributed by atoms with Crippen LogP contribution in [-0.2, 0) is 6.54 Å². The highest BCUT2D eigenvalue weighted by Gasteiger charge is 2.42. The third-order valence-electron chi connectivity index (χ3n) is 3.79. The van der Waals surface area contributed by atoms with Crippen molar-refractivity contribution < 1.29 is 18.7 Å². The van der Waals surface area contributed by atoms with Crippen LogP contribution in [0.15, 0.2) is 6.20 Å². The van der Waals surface area contributed by atoms with E-state index in [1.54, 1.807) is 0 Å². The first-order valence-electron chi connectivity index (χ1n) is 7.11. The molecule has 0 aromatic carbocycles. The minimum atomic E-state index is -2.75. The maximum absolute atomic E-state index is 13.2. The molecule has 0 spiro atoms. The van der Waals surface area contributed by atoms with E-state index in [4.69, 9.17) is 0 Å². The van der Waals surface area contributed by atoms with Gasteiger partial charge in [0.2, 0.25) is 0 Å². The maximum Gasteiger partial charge on any atom is 0.280 e. The van der Waals surface area contributed by atoms with Crippen molar-refractivity contribution in [1.82, 2.24) is 15.1 Å². The van der Waals surface area contributed by atoms with Crippen LogP contribution in [0.25, 0.3) is 0 Å². The van der Waals surface area contributed by atoms with Gasteiger partial charge < -0.3 is 10.4 Å². The van der Waals surface area contributed by atoms with Crippen molar-refractivity contribution in [1.29, 1.82) is 0 Å². The van der Waals surface area contributed by atoms with E-state index in [1.807, 2.05) is 13.8 Å². The van der Waals surface area contributed by atoms with Crippen LogP contribution in [-0.4, -0.2) is 33.9 Å². The zero-order valence-electron chi connectivity index (χ0n) is 12.3. The minimum Gasteiger partial charge on any atom is -0.396 e. The first kappa shape index (κ1) is 15.9. The first-order chi connectivity index (χ1) is 9.88. The molecule has 1 aromatic rings. The average Bonchev–Trinajstić information content (AvgIpc) is 3.08. The van der Waals surface area contributed by atoms with Crippen molar-refractivity contribution in [2.24, 2.45) is 11.3 Å². The summed E-state index contributed by atoms with van der Waals surface area (Å²) in [7, 11) is 0. The number of aliphatic hydroxyl groups excluding tert-OH is 1. The summed E-state index contributed by atoms with van der Waals surface area (Å²) in [6, 6.07) is 0. The lowest BCUT2D eigenvalue weighted by atomic mass is 10.1. The lowest BCUT2D eigenvalue weighted by Gasteiger charge is -2.14. The van der Waals surface area contributed by atoms with Crippen LogP contribution in [0.3, 0.4) is 0 Å². The molecule has 2 N–H and O–H groups in total. The number of rotatable bonds is 7. The number of nitrogens with zero attached hydrogens (tertiary/aromatic N) is 2. The molecule has 0 unspecified atom stereocenters. The van der Waals surface area contributed by atoms with Crippen molar-refractivity contribution >= 4 is 5.91 Å². The smallest absolute Gasteiger partial charge is 0.280 e. The average molecular weight is 301 g/mol. The number of amides is 1. The number of aliphatic hydroxyl groups is 1. The van der Waals surface area contributed by atoms with Crippen LogP contribution in [0.1, 0.15) is 49.2 Å². The van der Waals surface area contributed by atoms with Gasteiger partial charge in [-0.15, -0.1) is 0 Å². The molecule has 1 aliphatic carbocycles. The second-order valence-corrected chi connectivity index (χ2v) is 6.16. The third kappa shape index (κ3) is 3.58. The molecule has 1 heterocycles. The van der Waals surface area contributed by atoms with Gasteiger partial charge in [0.05, 0.1) is 18.4 Å². The Morgan fingerprint density at radius 2 is 2.19 bits per heavy atom. The van der Waals surface area contributed by atoms with Gasteiger partial charge in [-0.1, -0.05) is 13.8 Å². The second kappa shape index (κ2) is 6.09. The van der Waals surface area contributed by atoms with E-state index in [2.05, 4.69) is 10.4 Å². The summed E-state index contributed by atoms with van der Waals surface area (Å²) >= 11 is 0. The number of carbonyl (C=O) groups excluding carboxylic acids is 1. The Balaban J connectivity index is 2.11. The molecule has 1 saturated carbocycles. The fourth-order valence-corrected chi connectivity index (χ4v) is 2.22. The summed E-state index contributed by atoms with van der Waals surface area (Å²) in [6.45, 7) is 4.44. The van der Waals surface area contributed by atoms with Crippen molar-refractivity contribution in [3.8, 4) is 0 Å². The molecule has 0 aliphatic heterocycles. The van der Waals surface area contributed by atoms with Crippen LogP contribution < -0.4 is 5.32 Å². The Labute approximate surface area is 122 Å². The number of hydrogen-bond donors (Lipinski definition) is 2. The topological polar surface area (TPSA) is 67.2 Å². The molecule has 0 saturated heterocycles. The number of aromatic nitrogens is 2. The van der Waals surface area contributed by atoms with Crippen molar-refractivity contribution in [3.05, 3.63) is 17.5 Å². The van der Waals surface area contributed by atoms with Gasteiger partial charge in [0.25, 0.3) is 12.3 Å². The molecule has 0 atom stereocenters. The van der Waals surface area contributed by atoms with E-state index in [1.165, 1.54) is 10.9 Å². The predicted molar refractivity (Wildman–Crippen MR) is 73.1 cm³/mol. The number of carbonyl (C=O) groups is 1. The van der Waals surface area contributed by atoms with Gasteiger partial charge in [0.1, 0.15) is 5.69 Å². The van der Waals surface area contributed by atoms with E-state index in [0.29, 0.717) is 13.1 Å². The van der Waals surface area contributed by atoms with Gasteiger partial charge in [-0.05, 0) is 18.8 Å². The summed E-state index contributed by atoms with van der Waals surface area (Å²) in [6.07, 6.45) is 0.133. The Morgan fingerprint density at radius 3 is 2.67 bits per heavy atom. The highest BCUT2D eigenvalue weighted by atomic mass is 19.3. The summed E-state index contributed by atoms with van der Waals surface area (Å²) in [5, 5.41) is 15.7. The molecular weight excluding hydrogens is 280 g/mol. The van der Waals surface area contributed by atoms with Crippen molar-refractivity contribution in [3.63, 3.8) is 0 Å². The summed E-state index contributed by atoms with van der Waals surface area (Å²) in [5.41, 5.74) is -0.677. The summed E-state index contributed by atoms with van der Waals surface area (Å²) < 4.78 is 27.6. The molecular formula is C14H21F2N3O2. The number of halogens is 2. The molecule has 1 aliphatic rings. The first-order valence-corrected chi connectivity index (χ1v) is 7.11. The molecule has 0 bridgehead atoms. The highest BCUT2D eigenvalue weighted by Crippen LogP contribution is 2.44. The Kier molecular flexibility index (Phi) is 4.61. The van der Waals surface area contributed by atoms with Crippen LogP contribution in [0, 0.1) is 11.3 Å². The van der Waals surface area contributed by atoms with Crippen LogP contribution in [0.5, 0.6) is 0 Å². The molecule has 7 heteroatoms. The Bertz CT molecular complexity index is 510. The van der Waals surface area contributed by atoms with E-state index < -0.39 is 12.3 Å². The Hall–Kier alpha value is -1.50. The van der Waals surface area contributed by atoms with E-state index in [9.17, 15) is 18.7 Å². The third-order valence-corrected chi connectivity index (χ3v) is 3.79. The van der Waals surface area contributed by atoms with Crippen LogP contribution in [0.4, 0.5) is 8.78 Å². The summed E-state index contributed by atoms with van der Waals surface area (Å²) in [4.78, 5) is 12.1. The van der Waals surface area contributed by atoms with E-state index in [0.717, 1.165) is 12.8 Å². The highest BCUT2D eigenvalue weighted by molar-refractivity contribution is 5.95. The van der Waals surface area contributed by atoms with Gasteiger partial charge in [0.15, 0.2) is 0 Å². The largest absolute Gasteiger partial charge is 0.396 e. The quantitative estimate of drug-likeness (QED) is 0.809. The predicted octanol–water partition coefficient (Wildman–Crippen LogP) is 1.98. The molecule has 5 nitrogen and oxygen atoms in total.